The second-order valence-electron chi connectivity index (χ2n) is 5.58. The molecule has 0 aliphatic rings. The highest BCUT2D eigenvalue weighted by molar-refractivity contribution is 5.85. The average Bonchev–Trinajstić information content (AvgIpc) is 2.61. The molecule has 0 amide bonds. The fourth-order valence-corrected chi connectivity index (χ4v) is 2.47. The van der Waals surface area contributed by atoms with Gasteiger partial charge in [0.25, 0.3) is 0 Å². The van der Waals surface area contributed by atoms with Gasteiger partial charge in [-0.25, -0.2) is 0 Å². The van der Waals surface area contributed by atoms with E-state index in [2.05, 4.69) is 4.74 Å². The third-order valence-electron chi connectivity index (χ3n) is 3.67. The number of alkyl halides is 3. The molecule has 1 atom stereocenters. The lowest BCUT2D eigenvalue weighted by Crippen LogP contribution is -2.17. The Morgan fingerprint density at radius 3 is 1.96 bits per heavy atom. The molecule has 0 spiro atoms. The van der Waals surface area contributed by atoms with Crippen molar-refractivity contribution in [2.24, 2.45) is 5.73 Å². The van der Waals surface area contributed by atoms with Crippen LogP contribution < -0.4 is 15.2 Å². The number of benzene rings is 3. The number of nitrogens with two attached hydrogens (primary N) is 1. The number of para-hydroxylation sites is 1. The molecule has 3 rings (SSSR count). The van der Waals surface area contributed by atoms with Gasteiger partial charge in [0.15, 0.2) is 0 Å². The molecule has 0 aliphatic carbocycles. The summed E-state index contributed by atoms with van der Waals surface area (Å²) in [5, 5.41) is 0. The number of hydrogen-bond donors (Lipinski definition) is 1. The summed E-state index contributed by atoms with van der Waals surface area (Å²) in [6.45, 7) is 0. The Morgan fingerprint density at radius 2 is 1.33 bits per heavy atom. The molecule has 0 aliphatic heterocycles. The van der Waals surface area contributed by atoms with Gasteiger partial charge >= 0.3 is 6.36 Å². The molecule has 0 radical (unpaired) electrons. The Morgan fingerprint density at radius 1 is 0.704 bits per heavy atom. The van der Waals surface area contributed by atoms with E-state index in [-0.39, 0.29) is 18.2 Å². The molecule has 0 unspecified atom stereocenters. The second-order valence-corrected chi connectivity index (χ2v) is 5.58. The van der Waals surface area contributed by atoms with E-state index in [1.165, 1.54) is 24.3 Å². The van der Waals surface area contributed by atoms with E-state index in [9.17, 15) is 13.2 Å². The Labute approximate surface area is 160 Å². The molecule has 7 heteroatoms. The highest BCUT2D eigenvalue weighted by atomic mass is 35.5. The third-order valence-corrected chi connectivity index (χ3v) is 3.67. The number of rotatable bonds is 5. The Kier molecular flexibility index (Phi) is 6.71. The molecular formula is C20H17ClF3NO2. The first-order chi connectivity index (χ1) is 12.4. The lowest BCUT2D eigenvalue weighted by atomic mass is 9.99. The fourth-order valence-electron chi connectivity index (χ4n) is 2.47. The van der Waals surface area contributed by atoms with Crippen LogP contribution in [0.5, 0.6) is 17.2 Å². The highest BCUT2D eigenvalue weighted by Gasteiger charge is 2.31. The molecule has 0 aromatic heterocycles. The summed E-state index contributed by atoms with van der Waals surface area (Å²) in [6, 6.07) is 21.6. The van der Waals surface area contributed by atoms with Gasteiger partial charge in [-0.15, -0.1) is 25.6 Å². The molecule has 0 bridgehead atoms. The Hall–Kier alpha value is -2.70. The van der Waals surface area contributed by atoms with Crippen molar-refractivity contribution < 1.29 is 22.6 Å². The first kappa shape index (κ1) is 20.6. The van der Waals surface area contributed by atoms with Gasteiger partial charge in [0.1, 0.15) is 17.2 Å². The van der Waals surface area contributed by atoms with Gasteiger partial charge in [-0.3, -0.25) is 0 Å². The summed E-state index contributed by atoms with van der Waals surface area (Å²) < 4.78 is 46.3. The zero-order valence-electron chi connectivity index (χ0n) is 14.0. The summed E-state index contributed by atoms with van der Waals surface area (Å²) in [5.74, 6) is 1.04. The fraction of sp³-hybridized carbons (Fsp3) is 0.100. The van der Waals surface area contributed by atoms with Crippen LogP contribution in [0.15, 0.2) is 78.9 Å². The van der Waals surface area contributed by atoms with E-state index < -0.39 is 12.4 Å². The van der Waals surface area contributed by atoms with Crippen LogP contribution in [0.2, 0.25) is 0 Å². The van der Waals surface area contributed by atoms with Crippen LogP contribution in [-0.2, 0) is 0 Å². The molecule has 0 fully saturated rings. The molecule has 0 heterocycles. The van der Waals surface area contributed by atoms with E-state index in [1.54, 1.807) is 6.07 Å². The molecule has 0 saturated carbocycles. The van der Waals surface area contributed by atoms with Crippen molar-refractivity contribution in [1.82, 2.24) is 0 Å². The molecule has 2 N–H and O–H groups in total. The van der Waals surface area contributed by atoms with Gasteiger partial charge in [-0.05, 0) is 47.5 Å². The highest BCUT2D eigenvalue weighted by Crippen LogP contribution is 2.28. The minimum atomic E-state index is -4.72. The maximum Gasteiger partial charge on any atom is 0.573 e. The van der Waals surface area contributed by atoms with Gasteiger partial charge in [0.2, 0.25) is 0 Å². The summed E-state index contributed by atoms with van der Waals surface area (Å²) >= 11 is 0. The van der Waals surface area contributed by atoms with Crippen LogP contribution in [0.1, 0.15) is 17.2 Å². The van der Waals surface area contributed by atoms with Gasteiger partial charge in [0, 0.05) is 0 Å². The largest absolute Gasteiger partial charge is 0.573 e. The first-order valence-corrected chi connectivity index (χ1v) is 7.85. The van der Waals surface area contributed by atoms with Crippen molar-refractivity contribution >= 4 is 12.4 Å². The van der Waals surface area contributed by atoms with Crippen molar-refractivity contribution in [1.29, 1.82) is 0 Å². The number of ether oxygens (including phenoxy) is 2. The zero-order chi connectivity index (χ0) is 18.6. The van der Waals surface area contributed by atoms with Crippen molar-refractivity contribution in [3.8, 4) is 17.2 Å². The monoisotopic (exact) mass is 395 g/mol. The molecular weight excluding hydrogens is 379 g/mol. The van der Waals surface area contributed by atoms with E-state index in [0.717, 1.165) is 5.56 Å². The van der Waals surface area contributed by atoms with Gasteiger partial charge in [-0.1, -0.05) is 42.5 Å². The Balaban J connectivity index is 0.00000261. The van der Waals surface area contributed by atoms with E-state index in [1.807, 2.05) is 48.5 Å². The minimum absolute atomic E-state index is 0. The van der Waals surface area contributed by atoms with Crippen LogP contribution in [0.3, 0.4) is 0 Å². The quantitative estimate of drug-likeness (QED) is 0.589. The molecule has 142 valence electrons. The maximum atomic E-state index is 12.2. The van der Waals surface area contributed by atoms with Crippen LogP contribution in [0.25, 0.3) is 0 Å². The van der Waals surface area contributed by atoms with Crippen LogP contribution in [-0.4, -0.2) is 6.36 Å². The number of hydrogen-bond acceptors (Lipinski definition) is 3. The van der Waals surface area contributed by atoms with E-state index in [4.69, 9.17) is 10.5 Å². The summed E-state index contributed by atoms with van der Waals surface area (Å²) in [6.07, 6.45) is -4.72. The summed E-state index contributed by atoms with van der Waals surface area (Å²) in [7, 11) is 0. The molecule has 3 aromatic rings. The van der Waals surface area contributed by atoms with Crippen LogP contribution in [0, 0.1) is 0 Å². The molecule has 3 aromatic carbocycles. The first-order valence-electron chi connectivity index (χ1n) is 7.85. The van der Waals surface area contributed by atoms with Crippen LogP contribution >= 0.6 is 12.4 Å². The lowest BCUT2D eigenvalue weighted by molar-refractivity contribution is -0.274. The van der Waals surface area contributed by atoms with Crippen LogP contribution in [0.4, 0.5) is 13.2 Å². The van der Waals surface area contributed by atoms with Gasteiger partial charge in [-0.2, -0.15) is 0 Å². The van der Waals surface area contributed by atoms with Crippen molar-refractivity contribution in [3.63, 3.8) is 0 Å². The van der Waals surface area contributed by atoms with Crippen molar-refractivity contribution in [2.75, 3.05) is 0 Å². The van der Waals surface area contributed by atoms with Crippen molar-refractivity contribution in [3.05, 3.63) is 90.0 Å². The molecule has 3 nitrogen and oxygen atoms in total. The summed E-state index contributed by atoms with van der Waals surface area (Å²) in [5.41, 5.74) is 7.68. The molecule has 0 saturated heterocycles. The summed E-state index contributed by atoms with van der Waals surface area (Å²) in [4.78, 5) is 0. The van der Waals surface area contributed by atoms with Crippen molar-refractivity contribution in [2.45, 2.75) is 12.4 Å². The Bertz CT molecular complexity index is 855. The normalized spacial score (nSPS) is 12.0. The predicted octanol–water partition coefficient (Wildman–Crippen LogP) is 5.85. The standard InChI is InChI=1S/C20H16F3NO2.ClH/c21-20(22,23)26-17-11-9-14(10-12-17)19(24)15-5-4-8-18(13-15)25-16-6-2-1-3-7-16;/h1-13,19H,24H2;1H/t19-;/m0./s1. The lowest BCUT2D eigenvalue weighted by Gasteiger charge is -2.15. The number of halogens is 4. The average molecular weight is 396 g/mol. The van der Waals surface area contributed by atoms with Gasteiger partial charge in [0.05, 0.1) is 6.04 Å². The predicted molar refractivity (Wildman–Crippen MR) is 99.4 cm³/mol. The van der Waals surface area contributed by atoms with Gasteiger partial charge < -0.3 is 15.2 Å². The second kappa shape index (κ2) is 8.79. The topological polar surface area (TPSA) is 44.5 Å². The SMILES string of the molecule is Cl.N[C@@H](c1ccc(OC(F)(F)F)cc1)c1cccc(Oc2ccccc2)c1. The minimum Gasteiger partial charge on any atom is -0.457 e. The maximum absolute atomic E-state index is 12.2. The third kappa shape index (κ3) is 5.91. The zero-order valence-corrected chi connectivity index (χ0v) is 14.8. The van der Waals surface area contributed by atoms with E-state index >= 15 is 0 Å². The van der Waals surface area contributed by atoms with E-state index in [0.29, 0.717) is 17.1 Å². The smallest absolute Gasteiger partial charge is 0.457 e. The molecule has 27 heavy (non-hydrogen) atoms.